The van der Waals surface area contributed by atoms with E-state index in [0.717, 1.165) is 0 Å². The average Bonchev–Trinajstić information content (AvgIpc) is 2.88. The average molecular weight is 240 g/mol. The zero-order valence-corrected chi connectivity index (χ0v) is 9.21. The summed E-state index contributed by atoms with van der Waals surface area (Å²) < 4.78 is 4.98. The highest BCUT2D eigenvalue weighted by Gasteiger charge is 2.10. The molecule has 88 valence electrons. The molecular weight excluding hydrogens is 232 g/mol. The fraction of sp³-hybridized carbons (Fsp3) is 0. The van der Waals surface area contributed by atoms with E-state index in [-0.39, 0.29) is 11.5 Å². The SMILES string of the molecule is N#Cc1ccc(NC(=O)c2ccc(C=O)o2)cc1. The lowest BCUT2D eigenvalue weighted by Gasteiger charge is -2.02. The minimum atomic E-state index is -0.451. The second-order valence-corrected chi connectivity index (χ2v) is 3.46. The van der Waals surface area contributed by atoms with Gasteiger partial charge in [-0.3, -0.25) is 9.59 Å². The first-order valence-corrected chi connectivity index (χ1v) is 5.09. The summed E-state index contributed by atoms with van der Waals surface area (Å²) >= 11 is 0. The van der Waals surface area contributed by atoms with Crippen LogP contribution < -0.4 is 5.32 Å². The first-order valence-electron chi connectivity index (χ1n) is 5.09. The lowest BCUT2D eigenvalue weighted by molar-refractivity contribution is 0.0992. The maximum atomic E-state index is 11.7. The van der Waals surface area contributed by atoms with Crippen molar-refractivity contribution in [1.29, 1.82) is 5.26 Å². The first-order chi connectivity index (χ1) is 8.72. The van der Waals surface area contributed by atoms with Crippen LogP contribution in [0.15, 0.2) is 40.8 Å². The van der Waals surface area contributed by atoms with Gasteiger partial charge in [-0.1, -0.05) is 0 Å². The molecule has 1 N–H and O–H groups in total. The molecule has 5 heteroatoms. The Bertz CT molecular complexity index is 620. The summed E-state index contributed by atoms with van der Waals surface area (Å²) in [4.78, 5) is 22.1. The highest BCUT2D eigenvalue weighted by molar-refractivity contribution is 6.02. The van der Waals surface area contributed by atoms with Crippen LogP contribution in [0.1, 0.15) is 26.7 Å². The van der Waals surface area contributed by atoms with E-state index in [0.29, 0.717) is 17.5 Å². The third-order valence-electron chi connectivity index (χ3n) is 2.24. The summed E-state index contributed by atoms with van der Waals surface area (Å²) in [6.07, 6.45) is 0.526. The fourth-order valence-electron chi connectivity index (χ4n) is 1.36. The summed E-state index contributed by atoms with van der Waals surface area (Å²) in [7, 11) is 0. The first kappa shape index (κ1) is 11.6. The van der Waals surface area contributed by atoms with Gasteiger partial charge in [0.05, 0.1) is 11.6 Å². The van der Waals surface area contributed by atoms with Gasteiger partial charge in [-0.05, 0) is 36.4 Å². The van der Waals surface area contributed by atoms with Gasteiger partial charge in [-0.25, -0.2) is 0 Å². The number of carbonyl (C=O) groups is 2. The molecule has 18 heavy (non-hydrogen) atoms. The number of aldehydes is 1. The van der Waals surface area contributed by atoms with Gasteiger partial charge in [0.2, 0.25) is 0 Å². The molecule has 2 aromatic rings. The van der Waals surface area contributed by atoms with Gasteiger partial charge in [0, 0.05) is 5.69 Å². The molecule has 1 amide bonds. The Morgan fingerprint density at radius 1 is 1.22 bits per heavy atom. The van der Waals surface area contributed by atoms with Crippen LogP contribution in [0.4, 0.5) is 5.69 Å². The number of nitrogens with one attached hydrogen (secondary N) is 1. The number of furan rings is 1. The highest BCUT2D eigenvalue weighted by Crippen LogP contribution is 2.12. The number of benzene rings is 1. The van der Waals surface area contributed by atoms with E-state index in [1.807, 2.05) is 6.07 Å². The Morgan fingerprint density at radius 2 is 1.94 bits per heavy atom. The Balaban J connectivity index is 2.11. The van der Waals surface area contributed by atoms with Crippen molar-refractivity contribution in [3.63, 3.8) is 0 Å². The lowest BCUT2D eigenvalue weighted by Crippen LogP contribution is -2.10. The Hall–Kier alpha value is -2.87. The predicted octanol–water partition coefficient (Wildman–Crippen LogP) is 2.22. The van der Waals surface area contributed by atoms with Crippen molar-refractivity contribution in [3.05, 3.63) is 53.5 Å². The molecule has 2 rings (SSSR count). The van der Waals surface area contributed by atoms with Gasteiger partial charge < -0.3 is 9.73 Å². The molecule has 0 aliphatic rings. The van der Waals surface area contributed by atoms with Crippen LogP contribution in [-0.2, 0) is 0 Å². The largest absolute Gasteiger partial charge is 0.448 e. The Morgan fingerprint density at radius 3 is 2.50 bits per heavy atom. The number of hydrogen-bond acceptors (Lipinski definition) is 4. The number of carbonyl (C=O) groups excluding carboxylic acids is 2. The third kappa shape index (κ3) is 2.44. The van der Waals surface area contributed by atoms with Crippen molar-refractivity contribution in [1.82, 2.24) is 0 Å². The van der Waals surface area contributed by atoms with Crippen LogP contribution in [0.2, 0.25) is 0 Å². The normalized spacial score (nSPS) is 9.50. The molecule has 1 aromatic carbocycles. The maximum absolute atomic E-state index is 11.7. The molecule has 0 atom stereocenters. The minimum Gasteiger partial charge on any atom is -0.448 e. The highest BCUT2D eigenvalue weighted by atomic mass is 16.4. The molecule has 0 unspecified atom stereocenters. The van der Waals surface area contributed by atoms with Gasteiger partial charge in [-0.15, -0.1) is 0 Å². The molecule has 0 fully saturated rings. The molecule has 0 aliphatic heterocycles. The van der Waals surface area contributed by atoms with Crippen molar-refractivity contribution in [2.75, 3.05) is 5.32 Å². The van der Waals surface area contributed by atoms with E-state index in [1.54, 1.807) is 24.3 Å². The Labute approximate surface area is 103 Å². The van der Waals surface area contributed by atoms with Gasteiger partial charge in [0.15, 0.2) is 17.8 Å². The van der Waals surface area contributed by atoms with Crippen LogP contribution in [0.5, 0.6) is 0 Å². The lowest BCUT2D eigenvalue weighted by atomic mass is 10.2. The molecule has 0 saturated carbocycles. The smallest absolute Gasteiger partial charge is 0.291 e. The number of nitrogens with zero attached hydrogens (tertiary/aromatic N) is 1. The van der Waals surface area contributed by atoms with Crippen molar-refractivity contribution < 1.29 is 14.0 Å². The fourth-order valence-corrected chi connectivity index (χ4v) is 1.36. The van der Waals surface area contributed by atoms with Crippen LogP contribution in [0.25, 0.3) is 0 Å². The second-order valence-electron chi connectivity index (χ2n) is 3.46. The van der Waals surface area contributed by atoms with Crippen molar-refractivity contribution >= 4 is 17.9 Å². The van der Waals surface area contributed by atoms with E-state index in [9.17, 15) is 9.59 Å². The number of hydrogen-bond donors (Lipinski definition) is 1. The maximum Gasteiger partial charge on any atom is 0.291 e. The summed E-state index contributed by atoms with van der Waals surface area (Å²) in [6.45, 7) is 0. The van der Waals surface area contributed by atoms with Crippen LogP contribution in [0, 0.1) is 11.3 Å². The molecule has 0 bridgehead atoms. The van der Waals surface area contributed by atoms with Crippen molar-refractivity contribution in [2.45, 2.75) is 0 Å². The van der Waals surface area contributed by atoms with E-state index >= 15 is 0 Å². The third-order valence-corrected chi connectivity index (χ3v) is 2.24. The molecule has 0 aliphatic carbocycles. The number of anilines is 1. The summed E-state index contributed by atoms with van der Waals surface area (Å²) in [5, 5.41) is 11.2. The van der Waals surface area contributed by atoms with E-state index in [4.69, 9.17) is 9.68 Å². The molecule has 0 radical (unpaired) electrons. The quantitative estimate of drug-likeness (QED) is 0.833. The molecule has 0 spiro atoms. The van der Waals surface area contributed by atoms with E-state index in [2.05, 4.69) is 5.32 Å². The van der Waals surface area contributed by atoms with Gasteiger partial charge in [-0.2, -0.15) is 5.26 Å². The topological polar surface area (TPSA) is 83.1 Å². The van der Waals surface area contributed by atoms with E-state index in [1.165, 1.54) is 12.1 Å². The summed E-state index contributed by atoms with van der Waals surface area (Å²) in [5.74, 6) is -0.297. The summed E-state index contributed by atoms with van der Waals surface area (Å²) in [5.41, 5.74) is 1.05. The zero-order chi connectivity index (χ0) is 13.0. The van der Waals surface area contributed by atoms with E-state index < -0.39 is 5.91 Å². The molecule has 1 heterocycles. The minimum absolute atomic E-state index is 0.0569. The van der Waals surface area contributed by atoms with Crippen LogP contribution in [-0.4, -0.2) is 12.2 Å². The number of amides is 1. The monoisotopic (exact) mass is 240 g/mol. The molecular formula is C13H8N2O3. The molecule has 0 saturated heterocycles. The Kier molecular flexibility index (Phi) is 3.21. The standard InChI is InChI=1S/C13H8N2O3/c14-7-9-1-3-10(4-2-9)15-13(17)12-6-5-11(8-16)18-12/h1-6,8H,(H,15,17). The number of nitriles is 1. The van der Waals surface area contributed by atoms with Gasteiger partial charge in [0.1, 0.15) is 0 Å². The van der Waals surface area contributed by atoms with Crippen LogP contribution >= 0.6 is 0 Å². The molecule has 5 nitrogen and oxygen atoms in total. The zero-order valence-electron chi connectivity index (χ0n) is 9.21. The van der Waals surface area contributed by atoms with Gasteiger partial charge in [0.25, 0.3) is 5.91 Å². The van der Waals surface area contributed by atoms with Gasteiger partial charge >= 0.3 is 0 Å². The number of rotatable bonds is 3. The predicted molar refractivity (Wildman–Crippen MR) is 63.2 cm³/mol. The van der Waals surface area contributed by atoms with Crippen molar-refractivity contribution in [2.24, 2.45) is 0 Å². The molecule has 1 aromatic heterocycles. The summed E-state index contributed by atoms with van der Waals surface area (Å²) in [6, 6.07) is 11.2. The van der Waals surface area contributed by atoms with Crippen LogP contribution in [0.3, 0.4) is 0 Å². The van der Waals surface area contributed by atoms with Crippen molar-refractivity contribution in [3.8, 4) is 6.07 Å². The second kappa shape index (κ2) is 4.97.